The highest BCUT2D eigenvalue weighted by Gasteiger charge is 2.02. The highest BCUT2D eigenvalue weighted by Crippen LogP contribution is 2.25. The fourth-order valence-corrected chi connectivity index (χ4v) is 1.71. The molecule has 0 atom stereocenters. The molecule has 0 unspecified atom stereocenters. The van der Waals surface area contributed by atoms with E-state index in [0.717, 1.165) is 15.4 Å². The molecule has 0 saturated carbocycles. The Balaban J connectivity index is 2.62. The van der Waals surface area contributed by atoms with Crippen molar-refractivity contribution < 1.29 is 5.21 Å². The van der Waals surface area contributed by atoms with Gasteiger partial charge in [0.05, 0.1) is 11.2 Å². The third kappa shape index (κ3) is 2.12. The van der Waals surface area contributed by atoms with Gasteiger partial charge >= 0.3 is 0 Å². The van der Waals surface area contributed by atoms with E-state index in [0.29, 0.717) is 5.69 Å². The Labute approximate surface area is 100 Å². The second-order valence-corrected chi connectivity index (χ2v) is 4.03. The average molecular weight is 281 g/mol. The number of hydroxylamine groups is 1. The number of fused-ring (bicyclic) bond motifs is 1. The summed E-state index contributed by atoms with van der Waals surface area (Å²) in [5.41, 5.74) is 8.48. The molecule has 0 aliphatic carbocycles. The van der Waals surface area contributed by atoms with Crippen LogP contribution in [0.2, 0.25) is 0 Å². The fourth-order valence-electron chi connectivity index (χ4n) is 1.36. The van der Waals surface area contributed by atoms with E-state index in [4.69, 9.17) is 10.9 Å². The summed E-state index contributed by atoms with van der Waals surface area (Å²) in [6, 6.07) is 7.48. The van der Waals surface area contributed by atoms with Crippen LogP contribution in [-0.2, 0) is 0 Å². The molecule has 5 nitrogen and oxygen atoms in total. The molecule has 82 valence electrons. The molecule has 1 aromatic carbocycles. The second kappa shape index (κ2) is 4.46. The Morgan fingerprint density at radius 1 is 1.50 bits per heavy atom. The van der Waals surface area contributed by atoms with Gasteiger partial charge in [-0.25, -0.2) is 10.5 Å². The molecule has 4 N–H and O–H groups in total. The molecular weight excluding hydrogens is 272 g/mol. The number of halogens is 1. The monoisotopic (exact) mass is 280 g/mol. The van der Waals surface area contributed by atoms with Gasteiger partial charge in [0.25, 0.3) is 0 Å². The van der Waals surface area contributed by atoms with Crippen molar-refractivity contribution in [3.05, 3.63) is 34.9 Å². The molecule has 16 heavy (non-hydrogen) atoms. The number of aliphatic imine (C=N–C) groups is 1. The predicted octanol–water partition coefficient (Wildman–Crippen LogP) is 1.92. The highest BCUT2D eigenvalue weighted by molar-refractivity contribution is 9.10. The summed E-state index contributed by atoms with van der Waals surface area (Å²) < 4.78 is 0.898. The quantitative estimate of drug-likeness (QED) is 0.423. The highest BCUT2D eigenvalue weighted by atomic mass is 79.9. The molecular formula is C10H9BrN4O. The van der Waals surface area contributed by atoms with Crippen molar-refractivity contribution in [2.24, 2.45) is 10.7 Å². The van der Waals surface area contributed by atoms with Crippen LogP contribution in [0.3, 0.4) is 0 Å². The normalized spacial score (nSPS) is 11.8. The van der Waals surface area contributed by atoms with Gasteiger partial charge in [0.15, 0.2) is 0 Å². The number of para-hydroxylation sites is 1. The zero-order chi connectivity index (χ0) is 11.5. The molecule has 0 radical (unpaired) electrons. The molecule has 0 amide bonds. The van der Waals surface area contributed by atoms with Crippen molar-refractivity contribution in [1.29, 1.82) is 0 Å². The van der Waals surface area contributed by atoms with Crippen molar-refractivity contribution in [1.82, 2.24) is 10.5 Å². The predicted molar refractivity (Wildman–Crippen MR) is 65.6 cm³/mol. The maximum atomic E-state index is 8.58. The first-order valence-corrected chi connectivity index (χ1v) is 5.28. The molecule has 0 spiro atoms. The lowest BCUT2D eigenvalue weighted by molar-refractivity contribution is 0.233. The minimum Gasteiger partial charge on any atom is -0.368 e. The number of pyridine rings is 1. The molecule has 1 heterocycles. The summed E-state index contributed by atoms with van der Waals surface area (Å²) >= 11 is 3.35. The smallest absolute Gasteiger partial charge is 0.218 e. The third-order valence-corrected chi connectivity index (χ3v) is 2.45. The van der Waals surface area contributed by atoms with Gasteiger partial charge in [0.2, 0.25) is 5.96 Å². The van der Waals surface area contributed by atoms with E-state index in [2.05, 4.69) is 25.9 Å². The second-order valence-electron chi connectivity index (χ2n) is 3.11. The maximum Gasteiger partial charge on any atom is 0.218 e. The van der Waals surface area contributed by atoms with E-state index in [1.165, 1.54) is 0 Å². The summed E-state index contributed by atoms with van der Waals surface area (Å²) in [7, 11) is 0. The third-order valence-electron chi connectivity index (χ3n) is 2.01. The molecule has 0 bridgehead atoms. The lowest BCUT2D eigenvalue weighted by atomic mass is 10.2. The van der Waals surface area contributed by atoms with Crippen LogP contribution in [0.5, 0.6) is 0 Å². The van der Waals surface area contributed by atoms with E-state index in [1.54, 1.807) is 17.7 Å². The number of guanidine groups is 1. The average Bonchev–Trinajstić information content (AvgIpc) is 2.28. The van der Waals surface area contributed by atoms with Gasteiger partial charge in [-0.3, -0.25) is 10.2 Å². The minimum absolute atomic E-state index is 0.0720. The Morgan fingerprint density at radius 2 is 2.31 bits per heavy atom. The minimum atomic E-state index is -0.0720. The zero-order valence-corrected chi connectivity index (χ0v) is 9.77. The van der Waals surface area contributed by atoms with Crippen LogP contribution >= 0.6 is 15.9 Å². The van der Waals surface area contributed by atoms with Gasteiger partial charge in [-0.15, -0.1) is 0 Å². The summed E-state index contributed by atoms with van der Waals surface area (Å²) in [5, 5.41) is 9.52. The summed E-state index contributed by atoms with van der Waals surface area (Å²) in [6.45, 7) is 0. The first-order valence-electron chi connectivity index (χ1n) is 4.49. The standard InChI is InChI=1S/C10H9BrN4O/c11-7-4-6-2-1-3-8(9(6)13-5-7)14-10(12)15-16/h1-5,16H,(H3,12,14,15). The van der Waals surface area contributed by atoms with E-state index in [1.807, 2.05) is 18.2 Å². The number of nitrogens with one attached hydrogen (secondary N) is 1. The summed E-state index contributed by atoms with van der Waals surface area (Å²) in [6.07, 6.45) is 1.68. The lowest BCUT2D eigenvalue weighted by Crippen LogP contribution is -2.27. The number of aromatic nitrogens is 1. The van der Waals surface area contributed by atoms with Gasteiger partial charge in [-0.1, -0.05) is 12.1 Å². The number of benzene rings is 1. The molecule has 0 aliphatic rings. The Bertz CT molecular complexity index is 556. The largest absolute Gasteiger partial charge is 0.368 e. The Kier molecular flexibility index (Phi) is 3.02. The van der Waals surface area contributed by atoms with Crippen LogP contribution < -0.4 is 11.2 Å². The molecule has 1 aromatic heterocycles. The molecule has 0 fully saturated rings. The number of rotatable bonds is 1. The van der Waals surface area contributed by atoms with Crippen molar-refractivity contribution in [2.75, 3.05) is 0 Å². The van der Waals surface area contributed by atoms with Crippen LogP contribution in [0.15, 0.2) is 39.9 Å². The van der Waals surface area contributed by atoms with Crippen molar-refractivity contribution in [3.8, 4) is 0 Å². The van der Waals surface area contributed by atoms with Crippen molar-refractivity contribution in [2.45, 2.75) is 0 Å². The van der Waals surface area contributed by atoms with Gasteiger partial charge in [-0.05, 0) is 28.1 Å². The number of hydrogen-bond acceptors (Lipinski definition) is 3. The molecule has 2 rings (SSSR count). The van der Waals surface area contributed by atoms with E-state index in [9.17, 15) is 0 Å². The number of nitrogens with two attached hydrogens (primary N) is 1. The topological polar surface area (TPSA) is 83.5 Å². The van der Waals surface area contributed by atoms with Gasteiger partial charge in [0.1, 0.15) is 0 Å². The van der Waals surface area contributed by atoms with Crippen LogP contribution in [0.1, 0.15) is 0 Å². The summed E-state index contributed by atoms with van der Waals surface area (Å²) in [5.74, 6) is -0.0720. The molecule has 6 heteroatoms. The Hall–Kier alpha value is -1.66. The van der Waals surface area contributed by atoms with E-state index < -0.39 is 0 Å². The first-order chi connectivity index (χ1) is 7.70. The zero-order valence-electron chi connectivity index (χ0n) is 8.18. The fraction of sp³-hybridized carbons (Fsp3) is 0. The Morgan fingerprint density at radius 3 is 3.06 bits per heavy atom. The number of nitrogens with zero attached hydrogens (tertiary/aromatic N) is 2. The van der Waals surface area contributed by atoms with Gasteiger partial charge < -0.3 is 5.73 Å². The molecule has 0 aliphatic heterocycles. The van der Waals surface area contributed by atoms with Crippen LogP contribution in [0.25, 0.3) is 10.9 Å². The van der Waals surface area contributed by atoms with Crippen LogP contribution in [-0.4, -0.2) is 16.2 Å². The van der Waals surface area contributed by atoms with Crippen LogP contribution in [0, 0.1) is 0 Å². The van der Waals surface area contributed by atoms with Crippen molar-refractivity contribution in [3.63, 3.8) is 0 Å². The number of hydrogen-bond donors (Lipinski definition) is 3. The van der Waals surface area contributed by atoms with Crippen LogP contribution in [0.4, 0.5) is 5.69 Å². The SMILES string of the molecule is NC(=Nc1cccc2cc(Br)cnc12)NO. The summed E-state index contributed by atoms with van der Waals surface area (Å²) in [4.78, 5) is 8.24. The maximum absolute atomic E-state index is 8.58. The molecule has 2 aromatic rings. The van der Waals surface area contributed by atoms with E-state index in [-0.39, 0.29) is 5.96 Å². The lowest BCUT2D eigenvalue weighted by Gasteiger charge is -2.02. The van der Waals surface area contributed by atoms with E-state index >= 15 is 0 Å². The first kappa shape index (κ1) is 10.8. The van der Waals surface area contributed by atoms with Crippen molar-refractivity contribution >= 4 is 38.5 Å². The van der Waals surface area contributed by atoms with Gasteiger partial charge in [0, 0.05) is 16.1 Å². The molecule has 0 saturated heterocycles. The van der Waals surface area contributed by atoms with Gasteiger partial charge in [-0.2, -0.15) is 0 Å².